The van der Waals surface area contributed by atoms with Gasteiger partial charge in [-0.3, -0.25) is 9.79 Å². The Morgan fingerprint density at radius 3 is 2.58 bits per heavy atom. The van der Waals surface area contributed by atoms with E-state index in [1.807, 2.05) is 24.3 Å². The van der Waals surface area contributed by atoms with Crippen molar-refractivity contribution in [2.24, 2.45) is 10.9 Å². The van der Waals surface area contributed by atoms with Gasteiger partial charge in [0.2, 0.25) is 0 Å². The van der Waals surface area contributed by atoms with Crippen molar-refractivity contribution in [3.8, 4) is 0 Å². The summed E-state index contributed by atoms with van der Waals surface area (Å²) in [5.41, 5.74) is 1.83. The van der Waals surface area contributed by atoms with E-state index in [0.717, 1.165) is 36.8 Å². The maximum atomic E-state index is 11.7. The molecule has 0 aliphatic carbocycles. The van der Waals surface area contributed by atoms with Crippen LogP contribution < -0.4 is 16.0 Å². The van der Waals surface area contributed by atoms with Crippen molar-refractivity contribution < 1.29 is 4.79 Å². The molecule has 1 unspecified atom stereocenters. The lowest BCUT2D eigenvalue weighted by Gasteiger charge is -2.18. The lowest BCUT2D eigenvalue weighted by Crippen LogP contribution is -2.43. The minimum absolute atomic E-state index is 0.0544. The molecular weight excluding hydrogens is 300 g/mol. The highest BCUT2D eigenvalue weighted by molar-refractivity contribution is 5.94. The molecule has 0 saturated heterocycles. The molecule has 1 atom stereocenters. The number of aliphatic imine (C=N–C) groups is 1. The number of nitrogens with zero attached hydrogens (tertiary/aromatic N) is 1. The minimum Gasteiger partial charge on any atom is -0.356 e. The molecule has 1 aromatic carbocycles. The van der Waals surface area contributed by atoms with Gasteiger partial charge in [0.1, 0.15) is 0 Å². The number of hydrogen-bond donors (Lipinski definition) is 3. The van der Waals surface area contributed by atoms with E-state index in [9.17, 15) is 4.79 Å². The van der Waals surface area contributed by atoms with Crippen LogP contribution in [0.2, 0.25) is 0 Å². The van der Waals surface area contributed by atoms with Crippen LogP contribution in [0.1, 0.15) is 49.5 Å². The summed E-state index contributed by atoms with van der Waals surface area (Å²) in [4.78, 5) is 15.9. The van der Waals surface area contributed by atoms with E-state index in [1.54, 1.807) is 14.1 Å². The largest absolute Gasteiger partial charge is 0.356 e. The summed E-state index contributed by atoms with van der Waals surface area (Å²) < 4.78 is 0. The van der Waals surface area contributed by atoms with E-state index < -0.39 is 0 Å². The summed E-state index contributed by atoms with van der Waals surface area (Å²) in [6.45, 7) is 7.44. The van der Waals surface area contributed by atoms with E-state index in [1.165, 1.54) is 6.42 Å². The Morgan fingerprint density at radius 1 is 1.21 bits per heavy atom. The number of carbonyl (C=O) groups is 1. The Bertz CT molecular complexity index is 540. The van der Waals surface area contributed by atoms with E-state index in [2.05, 4.69) is 41.7 Å². The molecular formula is C19H32N4O. The lowest BCUT2D eigenvalue weighted by molar-refractivity contribution is 0.0963. The summed E-state index contributed by atoms with van der Waals surface area (Å²) in [7, 11) is 3.43. The molecule has 0 heterocycles. The van der Waals surface area contributed by atoms with Gasteiger partial charge < -0.3 is 16.0 Å². The highest BCUT2D eigenvalue weighted by Gasteiger charge is 2.07. The number of nitrogens with one attached hydrogen (secondary N) is 3. The van der Waals surface area contributed by atoms with Crippen LogP contribution in [-0.2, 0) is 6.42 Å². The SMILES string of the molecule is CN=C(NCCc1cccc(C(=O)NC)c1)NC(C)CCC(C)C. The Balaban J connectivity index is 2.43. The van der Waals surface area contributed by atoms with E-state index in [0.29, 0.717) is 11.6 Å². The van der Waals surface area contributed by atoms with Gasteiger partial charge in [-0.05, 0) is 49.8 Å². The summed E-state index contributed by atoms with van der Waals surface area (Å²) in [6.07, 6.45) is 3.18. The van der Waals surface area contributed by atoms with Crippen LogP contribution in [-0.4, -0.2) is 38.5 Å². The predicted molar refractivity (Wildman–Crippen MR) is 102 cm³/mol. The Labute approximate surface area is 146 Å². The van der Waals surface area contributed by atoms with Crippen molar-refractivity contribution in [3.05, 3.63) is 35.4 Å². The van der Waals surface area contributed by atoms with Crippen LogP contribution in [0, 0.1) is 5.92 Å². The van der Waals surface area contributed by atoms with Gasteiger partial charge in [0.15, 0.2) is 5.96 Å². The standard InChI is InChI=1S/C19H32N4O/c1-14(2)9-10-15(3)23-19(21-5)22-12-11-16-7-6-8-17(13-16)18(24)20-4/h6-8,13-15H,9-12H2,1-5H3,(H,20,24)(H2,21,22,23). The quantitative estimate of drug-likeness (QED) is 0.506. The van der Waals surface area contributed by atoms with Gasteiger partial charge in [-0.15, -0.1) is 0 Å². The van der Waals surface area contributed by atoms with Crippen LogP contribution in [0.15, 0.2) is 29.3 Å². The van der Waals surface area contributed by atoms with Crippen LogP contribution in [0.4, 0.5) is 0 Å². The van der Waals surface area contributed by atoms with Gasteiger partial charge >= 0.3 is 0 Å². The normalized spacial score (nSPS) is 12.8. The second-order valence-electron chi connectivity index (χ2n) is 6.55. The predicted octanol–water partition coefficient (Wildman–Crippen LogP) is 2.58. The number of benzene rings is 1. The topological polar surface area (TPSA) is 65.5 Å². The zero-order valence-corrected chi connectivity index (χ0v) is 15.6. The van der Waals surface area contributed by atoms with Crippen molar-refractivity contribution in [3.63, 3.8) is 0 Å². The number of hydrogen-bond acceptors (Lipinski definition) is 2. The first-order valence-electron chi connectivity index (χ1n) is 8.74. The van der Waals surface area contributed by atoms with Crippen molar-refractivity contribution in [1.29, 1.82) is 0 Å². The molecule has 0 radical (unpaired) electrons. The average molecular weight is 332 g/mol. The van der Waals surface area contributed by atoms with E-state index in [4.69, 9.17) is 0 Å². The van der Waals surface area contributed by atoms with Crippen molar-refractivity contribution in [2.75, 3.05) is 20.6 Å². The fourth-order valence-electron chi connectivity index (χ4n) is 2.42. The summed E-state index contributed by atoms with van der Waals surface area (Å²) in [5, 5.41) is 9.41. The molecule has 5 nitrogen and oxygen atoms in total. The second kappa shape index (κ2) is 10.7. The van der Waals surface area contributed by atoms with Gasteiger partial charge in [0.05, 0.1) is 0 Å². The number of amides is 1. The van der Waals surface area contributed by atoms with E-state index >= 15 is 0 Å². The second-order valence-corrected chi connectivity index (χ2v) is 6.55. The summed E-state index contributed by atoms with van der Waals surface area (Å²) in [5.74, 6) is 1.49. The van der Waals surface area contributed by atoms with E-state index in [-0.39, 0.29) is 5.91 Å². The summed E-state index contributed by atoms with van der Waals surface area (Å²) >= 11 is 0. The van der Waals surface area contributed by atoms with Crippen LogP contribution >= 0.6 is 0 Å². The molecule has 0 aliphatic rings. The van der Waals surface area contributed by atoms with Gasteiger partial charge in [-0.2, -0.15) is 0 Å². The van der Waals surface area contributed by atoms with Gasteiger partial charge in [0, 0.05) is 32.2 Å². The Hall–Kier alpha value is -2.04. The average Bonchev–Trinajstić information content (AvgIpc) is 2.58. The molecule has 3 N–H and O–H groups in total. The first kappa shape index (κ1) is 20.0. The number of carbonyl (C=O) groups excluding carboxylic acids is 1. The molecule has 1 aromatic rings. The van der Waals surface area contributed by atoms with Crippen LogP contribution in [0.25, 0.3) is 0 Å². The van der Waals surface area contributed by atoms with Gasteiger partial charge in [-0.1, -0.05) is 26.0 Å². The van der Waals surface area contributed by atoms with Crippen LogP contribution in [0.3, 0.4) is 0 Å². The van der Waals surface area contributed by atoms with Gasteiger partial charge in [-0.25, -0.2) is 0 Å². The molecule has 0 spiro atoms. The van der Waals surface area contributed by atoms with Gasteiger partial charge in [0.25, 0.3) is 5.91 Å². The molecule has 0 aromatic heterocycles. The van der Waals surface area contributed by atoms with Crippen molar-refractivity contribution in [1.82, 2.24) is 16.0 Å². The maximum Gasteiger partial charge on any atom is 0.251 e. The molecule has 1 amide bonds. The molecule has 0 fully saturated rings. The summed E-state index contributed by atoms with van der Waals surface area (Å²) in [6, 6.07) is 8.11. The molecule has 5 heteroatoms. The fourth-order valence-corrected chi connectivity index (χ4v) is 2.42. The molecule has 134 valence electrons. The zero-order valence-electron chi connectivity index (χ0n) is 15.6. The number of rotatable bonds is 8. The minimum atomic E-state index is -0.0544. The molecule has 1 rings (SSSR count). The Kier molecular flexibility index (Phi) is 8.90. The molecule has 0 saturated carbocycles. The molecule has 24 heavy (non-hydrogen) atoms. The zero-order chi connectivity index (χ0) is 17.9. The number of guanidine groups is 1. The molecule has 0 aliphatic heterocycles. The first-order chi connectivity index (χ1) is 11.5. The monoisotopic (exact) mass is 332 g/mol. The maximum absolute atomic E-state index is 11.7. The van der Waals surface area contributed by atoms with Crippen molar-refractivity contribution >= 4 is 11.9 Å². The molecule has 0 bridgehead atoms. The third-order valence-corrected chi connectivity index (χ3v) is 3.91. The highest BCUT2D eigenvalue weighted by atomic mass is 16.1. The third kappa shape index (κ3) is 7.49. The first-order valence-corrected chi connectivity index (χ1v) is 8.74. The Morgan fingerprint density at radius 2 is 1.96 bits per heavy atom. The van der Waals surface area contributed by atoms with Crippen LogP contribution in [0.5, 0.6) is 0 Å². The highest BCUT2D eigenvalue weighted by Crippen LogP contribution is 2.07. The third-order valence-electron chi connectivity index (χ3n) is 3.91. The fraction of sp³-hybridized carbons (Fsp3) is 0.579. The van der Waals surface area contributed by atoms with Crippen molar-refractivity contribution in [2.45, 2.75) is 46.1 Å². The lowest BCUT2D eigenvalue weighted by atomic mass is 10.0. The smallest absolute Gasteiger partial charge is 0.251 e.